The molecule has 0 aromatic heterocycles. The van der Waals surface area contributed by atoms with Crippen LogP contribution in [0.5, 0.6) is 0 Å². The van der Waals surface area contributed by atoms with Gasteiger partial charge in [0.15, 0.2) is 11.9 Å². The second kappa shape index (κ2) is 1.86. The van der Waals surface area contributed by atoms with Gasteiger partial charge in [0.05, 0.1) is 0 Å². The zero-order chi connectivity index (χ0) is 6.04. The summed E-state index contributed by atoms with van der Waals surface area (Å²) in [6.45, 7) is 0. The Morgan fingerprint density at radius 2 is 1.75 bits per heavy atom. The summed E-state index contributed by atoms with van der Waals surface area (Å²) in [5, 5.41) is 10.9. The van der Waals surface area contributed by atoms with Crippen molar-refractivity contribution >= 4 is 6.29 Å². The fraction of sp³-hybridized carbons (Fsp3) is 0.833. The van der Waals surface area contributed by atoms with Crippen molar-refractivity contribution in [1.29, 1.82) is 0 Å². The van der Waals surface area contributed by atoms with Gasteiger partial charge in [-0.05, 0) is 25.7 Å². The number of rotatable bonds is 1. The summed E-state index contributed by atoms with van der Waals surface area (Å²) in [4.78, 5) is 10.0. The molecule has 0 aliphatic heterocycles. The Kier molecular flexibility index (Phi) is 1.34. The van der Waals surface area contributed by atoms with Crippen LogP contribution < -0.4 is 0 Å². The van der Waals surface area contributed by atoms with Crippen LogP contribution in [-0.2, 0) is 9.90 Å². The molecule has 0 spiro atoms. The lowest BCUT2D eigenvalue weighted by Gasteiger charge is -2.06. The maximum absolute atomic E-state index is 10.9. The zero-order valence-corrected chi connectivity index (χ0v) is 4.72. The van der Waals surface area contributed by atoms with Crippen LogP contribution in [-0.4, -0.2) is 11.9 Å². The largest absolute Gasteiger partial charge is 0.300 e. The molecule has 1 rings (SSSR count). The van der Waals surface area contributed by atoms with E-state index in [-0.39, 0.29) is 0 Å². The summed E-state index contributed by atoms with van der Waals surface area (Å²) in [5.41, 5.74) is -1.19. The molecular weight excluding hydrogens is 104 g/mol. The van der Waals surface area contributed by atoms with Crippen LogP contribution in [0.4, 0.5) is 0 Å². The second-order valence-electron chi connectivity index (χ2n) is 2.39. The minimum atomic E-state index is -1.19. The maximum atomic E-state index is 10.9. The van der Waals surface area contributed by atoms with E-state index in [0.29, 0.717) is 19.1 Å². The Bertz CT molecular complexity index is 92.7. The number of carbonyl (C=O) groups is 1. The molecular formula is C6H9O2. The summed E-state index contributed by atoms with van der Waals surface area (Å²) in [5.74, 6) is 0. The molecule has 0 atom stereocenters. The molecule has 0 unspecified atom stereocenters. The molecule has 1 aliphatic carbocycles. The Balaban J connectivity index is 2.52. The molecule has 1 radical (unpaired) electrons. The highest BCUT2D eigenvalue weighted by atomic mass is 16.3. The molecule has 0 aromatic rings. The summed E-state index contributed by atoms with van der Waals surface area (Å²) < 4.78 is 0. The maximum Gasteiger partial charge on any atom is 0.158 e. The predicted molar refractivity (Wildman–Crippen MR) is 27.9 cm³/mol. The number of carbonyl (C=O) groups excluding carboxylic acids is 1. The lowest BCUT2D eigenvalue weighted by molar-refractivity contribution is -0.129. The third kappa shape index (κ3) is 0.892. The van der Waals surface area contributed by atoms with E-state index >= 15 is 0 Å². The molecule has 0 N–H and O–H groups in total. The van der Waals surface area contributed by atoms with Crippen LogP contribution in [0, 0.1) is 0 Å². The average Bonchev–Trinajstić information content (AvgIpc) is 2.17. The molecule has 2 nitrogen and oxygen atoms in total. The van der Waals surface area contributed by atoms with Crippen LogP contribution in [0.2, 0.25) is 0 Å². The lowest BCUT2D eigenvalue weighted by Crippen LogP contribution is -2.23. The molecule has 8 heavy (non-hydrogen) atoms. The molecule has 45 valence electrons. The van der Waals surface area contributed by atoms with Gasteiger partial charge in [0, 0.05) is 0 Å². The van der Waals surface area contributed by atoms with Crippen molar-refractivity contribution in [2.45, 2.75) is 31.3 Å². The number of hydrogen-bond donors (Lipinski definition) is 0. The van der Waals surface area contributed by atoms with Crippen molar-refractivity contribution in [2.24, 2.45) is 0 Å². The summed E-state index contributed by atoms with van der Waals surface area (Å²) >= 11 is 0. The number of hydrogen-bond acceptors (Lipinski definition) is 1. The molecule has 0 aromatic carbocycles. The summed E-state index contributed by atoms with van der Waals surface area (Å²) in [6.07, 6.45) is 3.53. The van der Waals surface area contributed by atoms with Crippen molar-refractivity contribution in [3.63, 3.8) is 0 Å². The Labute approximate surface area is 48.5 Å². The van der Waals surface area contributed by atoms with Crippen molar-refractivity contribution in [3.05, 3.63) is 0 Å². The standard InChI is InChI=1S/C6H9O2/c7-5-6(8)3-1-2-4-6/h5H,1-4H2. The SMILES string of the molecule is [O]C1(C=O)CCCC1. The van der Waals surface area contributed by atoms with Crippen LogP contribution in [0.3, 0.4) is 0 Å². The fourth-order valence-corrected chi connectivity index (χ4v) is 1.09. The molecule has 0 saturated heterocycles. The van der Waals surface area contributed by atoms with Gasteiger partial charge in [-0.15, -0.1) is 0 Å². The van der Waals surface area contributed by atoms with E-state index in [1.807, 2.05) is 0 Å². The minimum absolute atomic E-state index is 0.552. The first-order valence-electron chi connectivity index (χ1n) is 2.94. The van der Waals surface area contributed by atoms with E-state index in [2.05, 4.69) is 0 Å². The van der Waals surface area contributed by atoms with Gasteiger partial charge in [0.1, 0.15) is 0 Å². The van der Waals surface area contributed by atoms with Crippen LogP contribution in [0.15, 0.2) is 0 Å². The van der Waals surface area contributed by atoms with Crippen LogP contribution in [0.1, 0.15) is 25.7 Å². The first kappa shape index (κ1) is 5.76. The Morgan fingerprint density at radius 1 is 1.25 bits per heavy atom. The van der Waals surface area contributed by atoms with E-state index in [1.54, 1.807) is 0 Å². The van der Waals surface area contributed by atoms with E-state index < -0.39 is 5.60 Å². The average molecular weight is 113 g/mol. The normalized spacial score (nSPS) is 25.6. The van der Waals surface area contributed by atoms with Gasteiger partial charge in [0.2, 0.25) is 0 Å². The highest BCUT2D eigenvalue weighted by molar-refractivity contribution is 5.62. The number of aldehydes is 1. The van der Waals surface area contributed by atoms with E-state index in [1.165, 1.54) is 0 Å². The third-order valence-electron chi connectivity index (χ3n) is 1.66. The van der Waals surface area contributed by atoms with Gasteiger partial charge in [-0.25, -0.2) is 5.11 Å². The molecule has 1 fully saturated rings. The first-order valence-corrected chi connectivity index (χ1v) is 2.94. The molecule has 1 aliphatic rings. The molecule has 0 heterocycles. The monoisotopic (exact) mass is 113 g/mol. The van der Waals surface area contributed by atoms with Gasteiger partial charge in [-0.3, -0.25) is 0 Å². The topological polar surface area (TPSA) is 37.0 Å². The summed E-state index contributed by atoms with van der Waals surface area (Å²) in [6, 6.07) is 0. The van der Waals surface area contributed by atoms with Gasteiger partial charge in [-0.2, -0.15) is 0 Å². The van der Waals surface area contributed by atoms with Crippen molar-refractivity contribution in [3.8, 4) is 0 Å². The highest BCUT2D eigenvalue weighted by Crippen LogP contribution is 2.27. The molecule has 0 bridgehead atoms. The van der Waals surface area contributed by atoms with Crippen molar-refractivity contribution in [1.82, 2.24) is 0 Å². The van der Waals surface area contributed by atoms with E-state index in [0.717, 1.165) is 12.8 Å². The molecule has 1 saturated carbocycles. The first-order chi connectivity index (χ1) is 3.77. The fourth-order valence-electron chi connectivity index (χ4n) is 1.09. The van der Waals surface area contributed by atoms with Gasteiger partial charge < -0.3 is 4.79 Å². The van der Waals surface area contributed by atoms with Crippen LogP contribution >= 0.6 is 0 Å². The Morgan fingerprint density at radius 3 is 2.00 bits per heavy atom. The minimum Gasteiger partial charge on any atom is -0.300 e. The molecule has 2 heteroatoms. The van der Waals surface area contributed by atoms with Crippen LogP contribution in [0.25, 0.3) is 0 Å². The van der Waals surface area contributed by atoms with Gasteiger partial charge >= 0.3 is 0 Å². The highest BCUT2D eigenvalue weighted by Gasteiger charge is 2.32. The van der Waals surface area contributed by atoms with Crippen molar-refractivity contribution < 1.29 is 9.90 Å². The second-order valence-corrected chi connectivity index (χ2v) is 2.39. The van der Waals surface area contributed by atoms with Gasteiger partial charge in [0.25, 0.3) is 0 Å². The zero-order valence-electron chi connectivity index (χ0n) is 4.72. The van der Waals surface area contributed by atoms with Gasteiger partial charge in [-0.1, -0.05) is 0 Å². The smallest absolute Gasteiger partial charge is 0.158 e. The van der Waals surface area contributed by atoms with E-state index in [9.17, 15) is 9.90 Å². The molecule has 0 amide bonds. The Hall–Kier alpha value is -0.370. The van der Waals surface area contributed by atoms with E-state index in [4.69, 9.17) is 0 Å². The lowest BCUT2D eigenvalue weighted by atomic mass is 10.1. The predicted octanol–water partition coefficient (Wildman–Crippen LogP) is 0.929. The van der Waals surface area contributed by atoms with Crippen molar-refractivity contribution in [2.75, 3.05) is 0 Å². The quantitative estimate of drug-likeness (QED) is 0.466. The summed E-state index contributed by atoms with van der Waals surface area (Å²) in [7, 11) is 0. The third-order valence-corrected chi connectivity index (χ3v) is 1.66.